The number of para-hydroxylation sites is 1. The van der Waals surface area contributed by atoms with Crippen molar-refractivity contribution in [1.82, 2.24) is 5.32 Å². The van der Waals surface area contributed by atoms with Crippen LogP contribution < -0.4 is 10.1 Å². The standard InChI is InChI=1S/C16H25NO2/c1-12(2)17-11-13-7-6-10-19-16(13)14-8-4-5-9-15(14)18-3/h4-5,8-9,12-13,16-17H,6-7,10-11H2,1-3H3. The molecule has 1 aromatic rings. The van der Waals surface area contributed by atoms with Crippen LogP contribution in [0.5, 0.6) is 5.75 Å². The lowest BCUT2D eigenvalue weighted by Crippen LogP contribution is -2.35. The maximum Gasteiger partial charge on any atom is 0.124 e. The van der Waals surface area contributed by atoms with E-state index in [1.807, 2.05) is 12.1 Å². The Bertz CT molecular complexity index is 392. The first-order valence-corrected chi connectivity index (χ1v) is 7.20. The number of hydrogen-bond acceptors (Lipinski definition) is 3. The summed E-state index contributed by atoms with van der Waals surface area (Å²) in [4.78, 5) is 0. The maximum absolute atomic E-state index is 6.03. The molecule has 1 fully saturated rings. The smallest absolute Gasteiger partial charge is 0.124 e. The van der Waals surface area contributed by atoms with Crippen molar-refractivity contribution in [1.29, 1.82) is 0 Å². The van der Waals surface area contributed by atoms with Gasteiger partial charge in [-0.3, -0.25) is 0 Å². The largest absolute Gasteiger partial charge is 0.496 e. The fourth-order valence-electron chi connectivity index (χ4n) is 2.68. The third kappa shape index (κ3) is 3.71. The highest BCUT2D eigenvalue weighted by Crippen LogP contribution is 2.37. The Morgan fingerprint density at radius 2 is 2.16 bits per heavy atom. The Morgan fingerprint density at radius 3 is 2.89 bits per heavy atom. The minimum absolute atomic E-state index is 0.149. The number of ether oxygens (including phenoxy) is 2. The van der Waals surface area contributed by atoms with Gasteiger partial charge in [-0.2, -0.15) is 0 Å². The lowest BCUT2D eigenvalue weighted by atomic mass is 9.89. The Hall–Kier alpha value is -1.06. The average molecular weight is 263 g/mol. The molecule has 3 heteroatoms. The minimum atomic E-state index is 0.149. The van der Waals surface area contributed by atoms with Gasteiger partial charge < -0.3 is 14.8 Å². The summed E-state index contributed by atoms with van der Waals surface area (Å²) in [5, 5.41) is 3.53. The van der Waals surface area contributed by atoms with E-state index in [9.17, 15) is 0 Å². The summed E-state index contributed by atoms with van der Waals surface area (Å²) < 4.78 is 11.5. The lowest BCUT2D eigenvalue weighted by molar-refractivity contribution is -0.0293. The van der Waals surface area contributed by atoms with Gasteiger partial charge in [-0.1, -0.05) is 32.0 Å². The molecule has 19 heavy (non-hydrogen) atoms. The first-order chi connectivity index (χ1) is 9.22. The summed E-state index contributed by atoms with van der Waals surface area (Å²) in [5.74, 6) is 1.45. The fourth-order valence-corrected chi connectivity index (χ4v) is 2.68. The molecule has 1 N–H and O–H groups in total. The number of hydrogen-bond donors (Lipinski definition) is 1. The van der Waals surface area contributed by atoms with Crippen LogP contribution in [-0.4, -0.2) is 26.3 Å². The van der Waals surface area contributed by atoms with Gasteiger partial charge in [-0.15, -0.1) is 0 Å². The van der Waals surface area contributed by atoms with E-state index in [-0.39, 0.29) is 6.10 Å². The van der Waals surface area contributed by atoms with Gasteiger partial charge in [0.15, 0.2) is 0 Å². The molecular formula is C16H25NO2. The van der Waals surface area contributed by atoms with E-state index in [0.29, 0.717) is 12.0 Å². The molecule has 3 nitrogen and oxygen atoms in total. The van der Waals surface area contributed by atoms with Gasteiger partial charge in [-0.05, 0) is 18.9 Å². The summed E-state index contributed by atoms with van der Waals surface area (Å²) >= 11 is 0. The van der Waals surface area contributed by atoms with Crippen molar-refractivity contribution in [2.75, 3.05) is 20.3 Å². The van der Waals surface area contributed by atoms with Crippen LogP contribution >= 0.6 is 0 Å². The molecule has 0 saturated carbocycles. The summed E-state index contributed by atoms with van der Waals surface area (Å²) in [5.41, 5.74) is 1.18. The van der Waals surface area contributed by atoms with Crippen molar-refractivity contribution in [3.63, 3.8) is 0 Å². The summed E-state index contributed by atoms with van der Waals surface area (Å²) in [6, 6.07) is 8.72. The van der Waals surface area contributed by atoms with Crippen molar-refractivity contribution in [2.24, 2.45) is 5.92 Å². The molecular weight excluding hydrogens is 238 g/mol. The van der Waals surface area contributed by atoms with Crippen molar-refractivity contribution in [2.45, 2.75) is 38.8 Å². The number of benzene rings is 1. The van der Waals surface area contributed by atoms with Crippen molar-refractivity contribution in [3.05, 3.63) is 29.8 Å². The molecule has 0 aromatic heterocycles. The Balaban J connectivity index is 2.14. The van der Waals surface area contributed by atoms with Crippen LogP contribution in [-0.2, 0) is 4.74 Å². The van der Waals surface area contributed by atoms with E-state index < -0.39 is 0 Å². The Kier molecular flexibility index (Phi) is 5.23. The second-order valence-electron chi connectivity index (χ2n) is 5.50. The zero-order chi connectivity index (χ0) is 13.7. The second-order valence-corrected chi connectivity index (χ2v) is 5.50. The maximum atomic E-state index is 6.03. The van der Waals surface area contributed by atoms with Crippen LogP contribution in [0, 0.1) is 5.92 Å². The molecule has 2 atom stereocenters. The van der Waals surface area contributed by atoms with Gasteiger partial charge >= 0.3 is 0 Å². The van der Waals surface area contributed by atoms with E-state index >= 15 is 0 Å². The van der Waals surface area contributed by atoms with Gasteiger partial charge in [0, 0.05) is 30.7 Å². The van der Waals surface area contributed by atoms with Gasteiger partial charge in [0.05, 0.1) is 13.2 Å². The molecule has 0 radical (unpaired) electrons. The second kappa shape index (κ2) is 6.92. The van der Waals surface area contributed by atoms with Crippen molar-refractivity contribution in [3.8, 4) is 5.75 Å². The van der Waals surface area contributed by atoms with E-state index in [2.05, 4.69) is 31.3 Å². The molecule has 0 amide bonds. The van der Waals surface area contributed by atoms with Gasteiger partial charge in [0.25, 0.3) is 0 Å². The molecule has 0 aliphatic carbocycles. The third-order valence-electron chi connectivity index (χ3n) is 3.68. The molecule has 1 saturated heterocycles. The minimum Gasteiger partial charge on any atom is -0.496 e. The van der Waals surface area contributed by atoms with Crippen molar-refractivity contribution < 1.29 is 9.47 Å². The van der Waals surface area contributed by atoms with E-state index in [1.54, 1.807) is 7.11 Å². The average Bonchev–Trinajstić information content (AvgIpc) is 2.45. The number of nitrogens with one attached hydrogen (secondary N) is 1. The normalized spacial score (nSPS) is 23.6. The monoisotopic (exact) mass is 263 g/mol. The quantitative estimate of drug-likeness (QED) is 0.885. The Labute approximate surface area is 116 Å². The van der Waals surface area contributed by atoms with Crippen LogP contribution in [0.2, 0.25) is 0 Å². The highest BCUT2D eigenvalue weighted by molar-refractivity contribution is 5.35. The molecule has 1 aliphatic heterocycles. The molecule has 2 rings (SSSR count). The molecule has 0 spiro atoms. The van der Waals surface area contributed by atoms with Crippen LogP contribution in [0.15, 0.2) is 24.3 Å². The van der Waals surface area contributed by atoms with E-state index in [1.165, 1.54) is 12.0 Å². The highest BCUT2D eigenvalue weighted by Gasteiger charge is 2.29. The van der Waals surface area contributed by atoms with Crippen molar-refractivity contribution >= 4 is 0 Å². The SMILES string of the molecule is COc1ccccc1C1OCCCC1CNC(C)C. The van der Waals surface area contributed by atoms with Gasteiger partial charge in [0.2, 0.25) is 0 Å². The number of rotatable bonds is 5. The summed E-state index contributed by atoms with van der Waals surface area (Å²) in [7, 11) is 1.73. The highest BCUT2D eigenvalue weighted by atomic mass is 16.5. The van der Waals surface area contributed by atoms with E-state index in [0.717, 1.165) is 25.3 Å². The first-order valence-electron chi connectivity index (χ1n) is 7.20. The summed E-state index contributed by atoms with van der Waals surface area (Å²) in [6.07, 6.45) is 2.51. The van der Waals surface area contributed by atoms with Crippen LogP contribution in [0.4, 0.5) is 0 Å². The zero-order valence-corrected chi connectivity index (χ0v) is 12.2. The third-order valence-corrected chi connectivity index (χ3v) is 3.68. The first kappa shape index (κ1) is 14.4. The van der Waals surface area contributed by atoms with Gasteiger partial charge in [-0.25, -0.2) is 0 Å². The van der Waals surface area contributed by atoms with Crippen LogP contribution in [0.1, 0.15) is 38.4 Å². The molecule has 1 aromatic carbocycles. The predicted molar refractivity (Wildman–Crippen MR) is 77.5 cm³/mol. The van der Waals surface area contributed by atoms with Gasteiger partial charge in [0.1, 0.15) is 5.75 Å². The fraction of sp³-hybridized carbons (Fsp3) is 0.625. The molecule has 106 valence electrons. The lowest BCUT2D eigenvalue weighted by Gasteiger charge is -2.33. The molecule has 0 bridgehead atoms. The predicted octanol–water partition coefficient (Wildman–Crippen LogP) is 3.16. The molecule has 1 aliphatic rings. The molecule has 1 heterocycles. The van der Waals surface area contributed by atoms with E-state index in [4.69, 9.17) is 9.47 Å². The number of methoxy groups -OCH3 is 1. The zero-order valence-electron chi connectivity index (χ0n) is 12.2. The molecule has 2 unspecified atom stereocenters. The Morgan fingerprint density at radius 1 is 1.37 bits per heavy atom. The summed E-state index contributed by atoms with van der Waals surface area (Å²) in [6.45, 7) is 6.21. The van der Waals surface area contributed by atoms with Crippen LogP contribution in [0.3, 0.4) is 0 Å². The topological polar surface area (TPSA) is 30.5 Å². The van der Waals surface area contributed by atoms with Crippen LogP contribution in [0.25, 0.3) is 0 Å².